The van der Waals surface area contributed by atoms with Gasteiger partial charge in [0.1, 0.15) is 5.69 Å². The predicted molar refractivity (Wildman–Crippen MR) is 75.4 cm³/mol. The molecule has 0 bridgehead atoms. The van der Waals surface area contributed by atoms with Gasteiger partial charge in [0.2, 0.25) is 0 Å². The Bertz CT molecular complexity index is 680. The Morgan fingerprint density at radius 3 is 2.80 bits per heavy atom. The fraction of sp³-hybridized carbons (Fsp3) is 0.250. The van der Waals surface area contributed by atoms with Crippen LogP contribution in [0, 0.1) is 0 Å². The Balaban J connectivity index is 2.02. The van der Waals surface area contributed by atoms with E-state index >= 15 is 0 Å². The van der Waals surface area contributed by atoms with Crippen LogP contribution in [0.5, 0.6) is 0 Å². The highest BCUT2D eigenvalue weighted by atomic mass is 16.5. The molecule has 20 heavy (non-hydrogen) atoms. The van der Waals surface area contributed by atoms with E-state index < -0.39 is 5.91 Å². The van der Waals surface area contributed by atoms with Crippen molar-refractivity contribution >= 4 is 5.91 Å². The Labute approximate surface area is 117 Å². The van der Waals surface area contributed by atoms with Crippen molar-refractivity contribution in [3.05, 3.63) is 53.3 Å². The molecule has 2 aromatic rings. The maximum atomic E-state index is 11.6. The minimum absolute atomic E-state index is 0.207. The van der Waals surface area contributed by atoms with E-state index in [1.165, 1.54) is 5.56 Å². The fourth-order valence-corrected chi connectivity index (χ4v) is 2.41. The first-order valence-corrected chi connectivity index (χ1v) is 6.66. The molecule has 0 aliphatic carbocycles. The Kier molecular flexibility index (Phi) is 3.03. The highest BCUT2D eigenvalue weighted by Crippen LogP contribution is 2.27. The first-order valence-electron chi connectivity index (χ1n) is 6.66. The number of rotatable bonds is 2. The summed E-state index contributed by atoms with van der Waals surface area (Å²) in [5.74, 6) is 0.0364. The average Bonchev–Trinajstić information content (AvgIpc) is 2.74. The highest BCUT2D eigenvalue weighted by Gasteiger charge is 2.27. The van der Waals surface area contributed by atoms with Gasteiger partial charge in [-0.1, -0.05) is 38.1 Å². The van der Waals surface area contributed by atoms with E-state index in [0.29, 0.717) is 16.7 Å². The standard InChI is InChI=1S/C16H16N2O2/c1-10(2)11-4-3-5-12(6-11)13-7-14-9-18(20)16(19)15(14)17-8-13/h3-8,10,20H,9H2,1-2H3. The monoisotopic (exact) mass is 268 g/mol. The normalized spacial score (nSPS) is 14.0. The zero-order chi connectivity index (χ0) is 14.3. The van der Waals surface area contributed by atoms with Gasteiger partial charge < -0.3 is 0 Å². The number of fused-ring (bicyclic) bond motifs is 1. The molecule has 0 atom stereocenters. The third kappa shape index (κ3) is 2.08. The lowest BCUT2D eigenvalue weighted by Crippen LogP contribution is -2.18. The van der Waals surface area contributed by atoms with Crippen molar-refractivity contribution < 1.29 is 10.0 Å². The molecule has 0 unspecified atom stereocenters. The van der Waals surface area contributed by atoms with E-state index in [1.54, 1.807) is 6.20 Å². The molecule has 0 spiro atoms. The molecule has 1 aliphatic heterocycles. The smallest absolute Gasteiger partial charge is 0.285 e. The minimum atomic E-state index is -0.428. The van der Waals surface area contributed by atoms with Crippen molar-refractivity contribution in [2.24, 2.45) is 0 Å². The second kappa shape index (κ2) is 4.72. The third-order valence-electron chi connectivity index (χ3n) is 3.61. The van der Waals surface area contributed by atoms with E-state index in [-0.39, 0.29) is 6.54 Å². The molecule has 0 saturated heterocycles. The SMILES string of the molecule is CC(C)c1cccc(-c2cnc3c(c2)CN(O)C3=O)c1. The van der Waals surface area contributed by atoms with Crippen LogP contribution >= 0.6 is 0 Å². The van der Waals surface area contributed by atoms with Crippen LogP contribution in [0.3, 0.4) is 0 Å². The lowest BCUT2D eigenvalue weighted by molar-refractivity contribution is -0.0580. The summed E-state index contributed by atoms with van der Waals surface area (Å²) in [5.41, 5.74) is 4.42. The van der Waals surface area contributed by atoms with Gasteiger partial charge in [-0.05, 0) is 23.1 Å². The Hall–Kier alpha value is -2.20. The topological polar surface area (TPSA) is 53.4 Å². The van der Waals surface area contributed by atoms with Gasteiger partial charge >= 0.3 is 0 Å². The number of aromatic nitrogens is 1. The van der Waals surface area contributed by atoms with Gasteiger partial charge in [-0.25, -0.2) is 10.0 Å². The molecule has 0 fully saturated rings. The summed E-state index contributed by atoms with van der Waals surface area (Å²) in [7, 11) is 0. The summed E-state index contributed by atoms with van der Waals surface area (Å²) in [5, 5.41) is 10.1. The Morgan fingerprint density at radius 1 is 1.25 bits per heavy atom. The van der Waals surface area contributed by atoms with E-state index in [0.717, 1.165) is 16.7 Å². The summed E-state index contributed by atoms with van der Waals surface area (Å²) >= 11 is 0. The summed E-state index contributed by atoms with van der Waals surface area (Å²) < 4.78 is 0. The molecular formula is C16H16N2O2. The second-order valence-electron chi connectivity index (χ2n) is 5.37. The number of amides is 1. The summed E-state index contributed by atoms with van der Waals surface area (Å²) in [6, 6.07) is 10.2. The Morgan fingerprint density at radius 2 is 2.05 bits per heavy atom. The minimum Gasteiger partial charge on any atom is -0.285 e. The van der Waals surface area contributed by atoms with Crippen LogP contribution in [0.4, 0.5) is 0 Å². The number of carbonyl (C=O) groups is 1. The van der Waals surface area contributed by atoms with Gasteiger partial charge in [-0.2, -0.15) is 0 Å². The average molecular weight is 268 g/mol. The maximum absolute atomic E-state index is 11.6. The number of nitrogens with zero attached hydrogens (tertiary/aromatic N) is 2. The van der Waals surface area contributed by atoms with Crippen LogP contribution in [-0.4, -0.2) is 21.2 Å². The fourth-order valence-electron chi connectivity index (χ4n) is 2.41. The van der Waals surface area contributed by atoms with Crippen molar-refractivity contribution in [2.75, 3.05) is 0 Å². The molecule has 1 amide bonds. The van der Waals surface area contributed by atoms with Crippen LogP contribution in [0.2, 0.25) is 0 Å². The van der Waals surface area contributed by atoms with Gasteiger partial charge in [0.15, 0.2) is 0 Å². The third-order valence-corrected chi connectivity index (χ3v) is 3.61. The molecular weight excluding hydrogens is 252 g/mol. The molecule has 1 aliphatic rings. The number of carbonyl (C=O) groups excluding carboxylic acids is 1. The van der Waals surface area contributed by atoms with E-state index in [1.807, 2.05) is 18.2 Å². The lowest BCUT2D eigenvalue weighted by Gasteiger charge is -2.08. The van der Waals surface area contributed by atoms with Crippen molar-refractivity contribution in [3.8, 4) is 11.1 Å². The summed E-state index contributed by atoms with van der Waals surface area (Å²) in [6.07, 6.45) is 1.69. The molecule has 2 heterocycles. The molecule has 3 rings (SSSR count). The first-order chi connectivity index (χ1) is 9.56. The van der Waals surface area contributed by atoms with Gasteiger partial charge in [0.25, 0.3) is 5.91 Å². The van der Waals surface area contributed by atoms with Crippen molar-refractivity contribution in [3.63, 3.8) is 0 Å². The number of benzene rings is 1. The van der Waals surface area contributed by atoms with Crippen LogP contribution in [0.1, 0.15) is 41.4 Å². The van der Waals surface area contributed by atoms with Crippen LogP contribution in [0.15, 0.2) is 36.5 Å². The lowest BCUT2D eigenvalue weighted by atomic mass is 9.97. The van der Waals surface area contributed by atoms with Crippen molar-refractivity contribution in [1.29, 1.82) is 0 Å². The predicted octanol–water partition coefficient (Wildman–Crippen LogP) is 3.22. The molecule has 1 aromatic carbocycles. The van der Waals surface area contributed by atoms with E-state index in [9.17, 15) is 10.0 Å². The van der Waals surface area contributed by atoms with E-state index in [4.69, 9.17) is 0 Å². The summed E-state index contributed by atoms with van der Waals surface area (Å²) in [6.45, 7) is 4.52. The molecule has 4 heteroatoms. The zero-order valence-electron chi connectivity index (χ0n) is 11.5. The molecule has 0 saturated carbocycles. The van der Waals surface area contributed by atoms with Gasteiger partial charge in [0.05, 0.1) is 6.54 Å². The van der Waals surface area contributed by atoms with Gasteiger partial charge in [-0.15, -0.1) is 0 Å². The number of hydroxylamine groups is 2. The second-order valence-corrected chi connectivity index (χ2v) is 5.37. The first kappa shape index (κ1) is 12.8. The molecule has 4 nitrogen and oxygen atoms in total. The van der Waals surface area contributed by atoms with E-state index in [2.05, 4.69) is 31.0 Å². The number of hydrogen-bond acceptors (Lipinski definition) is 3. The molecule has 1 aromatic heterocycles. The molecule has 1 N–H and O–H groups in total. The largest absolute Gasteiger partial charge is 0.296 e. The number of hydrogen-bond donors (Lipinski definition) is 1. The van der Waals surface area contributed by atoms with Crippen LogP contribution in [-0.2, 0) is 6.54 Å². The maximum Gasteiger partial charge on any atom is 0.296 e. The number of pyridine rings is 1. The van der Waals surface area contributed by atoms with Gasteiger partial charge in [-0.3, -0.25) is 10.0 Å². The van der Waals surface area contributed by atoms with Crippen LogP contribution in [0.25, 0.3) is 11.1 Å². The zero-order valence-corrected chi connectivity index (χ0v) is 11.5. The molecule has 0 radical (unpaired) electrons. The van der Waals surface area contributed by atoms with Crippen molar-refractivity contribution in [2.45, 2.75) is 26.3 Å². The summed E-state index contributed by atoms with van der Waals surface area (Å²) in [4.78, 5) is 15.8. The molecule has 102 valence electrons. The van der Waals surface area contributed by atoms with Gasteiger partial charge in [0, 0.05) is 17.3 Å². The van der Waals surface area contributed by atoms with Crippen LogP contribution < -0.4 is 0 Å². The highest BCUT2D eigenvalue weighted by molar-refractivity contribution is 5.96. The van der Waals surface area contributed by atoms with Crippen molar-refractivity contribution in [1.82, 2.24) is 10.0 Å². The quantitative estimate of drug-likeness (QED) is 0.851.